The third kappa shape index (κ3) is 5.17. The van der Waals surface area contributed by atoms with Crippen LogP contribution in [0.3, 0.4) is 0 Å². The van der Waals surface area contributed by atoms with Crippen molar-refractivity contribution in [1.29, 1.82) is 0 Å². The van der Waals surface area contributed by atoms with Crippen LogP contribution in [0.1, 0.15) is 54.9 Å². The smallest absolute Gasteiger partial charge is 0.486 e. The normalized spacial score (nSPS) is 20.1. The van der Waals surface area contributed by atoms with Crippen molar-refractivity contribution >= 4 is 18.7 Å². The SMILES string of the molecule is CC(C)CC(C)(COc1ccc(B2OC(C)(C)C(C)(C)O2)cc1F)OC(N)=O. The lowest BCUT2D eigenvalue weighted by Crippen LogP contribution is -2.41. The number of primary amides is 1. The average molecular weight is 395 g/mol. The predicted molar refractivity (Wildman–Crippen MR) is 106 cm³/mol. The van der Waals surface area contributed by atoms with Crippen LogP contribution in [0.5, 0.6) is 5.75 Å². The zero-order chi connectivity index (χ0) is 21.3. The highest BCUT2D eigenvalue weighted by atomic mass is 19.1. The van der Waals surface area contributed by atoms with Gasteiger partial charge in [-0.3, -0.25) is 0 Å². The molecule has 1 aromatic carbocycles. The Morgan fingerprint density at radius 2 is 1.82 bits per heavy atom. The van der Waals surface area contributed by atoms with Crippen molar-refractivity contribution in [3.63, 3.8) is 0 Å². The van der Waals surface area contributed by atoms with E-state index in [1.54, 1.807) is 13.0 Å². The number of hydrogen-bond acceptors (Lipinski definition) is 5. The Balaban J connectivity index is 2.11. The van der Waals surface area contributed by atoms with Crippen LogP contribution in [0.4, 0.5) is 9.18 Å². The molecule has 1 unspecified atom stereocenters. The molecule has 156 valence electrons. The largest absolute Gasteiger partial charge is 0.494 e. The molecule has 0 radical (unpaired) electrons. The van der Waals surface area contributed by atoms with E-state index in [0.29, 0.717) is 11.9 Å². The zero-order valence-electron chi connectivity index (χ0n) is 17.8. The summed E-state index contributed by atoms with van der Waals surface area (Å²) in [6.45, 7) is 13.4. The van der Waals surface area contributed by atoms with Crippen LogP contribution in [-0.2, 0) is 14.0 Å². The monoisotopic (exact) mass is 395 g/mol. The Kier molecular flexibility index (Phi) is 6.36. The summed E-state index contributed by atoms with van der Waals surface area (Å²) in [6, 6.07) is 4.57. The third-order valence-electron chi connectivity index (χ3n) is 5.20. The van der Waals surface area contributed by atoms with Crippen molar-refractivity contribution in [3.8, 4) is 5.75 Å². The summed E-state index contributed by atoms with van der Waals surface area (Å²) in [6.07, 6.45) is -0.354. The van der Waals surface area contributed by atoms with Crippen molar-refractivity contribution in [2.45, 2.75) is 71.7 Å². The van der Waals surface area contributed by atoms with E-state index in [1.165, 1.54) is 12.1 Å². The van der Waals surface area contributed by atoms with Gasteiger partial charge in [0.15, 0.2) is 11.6 Å². The molecule has 0 bridgehead atoms. The minimum atomic E-state index is -0.948. The third-order valence-corrected chi connectivity index (χ3v) is 5.20. The minimum Gasteiger partial charge on any atom is -0.486 e. The molecule has 1 atom stereocenters. The van der Waals surface area contributed by atoms with Gasteiger partial charge in [-0.2, -0.15) is 0 Å². The van der Waals surface area contributed by atoms with Gasteiger partial charge in [0.1, 0.15) is 12.2 Å². The highest BCUT2D eigenvalue weighted by Gasteiger charge is 2.51. The van der Waals surface area contributed by atoms with Crippen molar-refractivity contribution in [1.82, 2.24) is 0 Å². The molecular formula is C20H31BFNO5. The molecule has 1 heterocycles. The van der Waals surface area contributed by atoms with Crippen molar-refractivity contribution < 1.29 is 28.0 Å². The average Bonchev–Trinajstić information content (AvgIpc) is 2.72. The number of amides is 1. The first kappa shape index (κ1) is 22.5. The van der Waals surface area contributed by atoms with Gasteiger partial charge in [-0.25, -0.2) is 9.18 Å². The second-order valence-corrected chi connectivity index (χ2v) is 9.04. The molecule has 1 amide bonds. The number of halogens is 1. The van der Waals surface area contributed by atoms with Crippen LogP contribution in [0.25, 0.3) is 0 Å². The summed E-state index contributed by atoms with van der Waals surface area (Å²) in [7, 11) is -0.655. The lowest BCUT2D eigenvalue weighted by atomic mass is 9.79. The Morgan fingerprint density at radius 1 is 1.25 bits per heavy atom. The Bertz CT molecular complexity index is 709. The molecule has 1 aliphatic heterocycles. The molecule has 1 aliphatic rings. The second-order valence-electron chi connectivity index (χ2n) is 9.04. The fourth-order valence-electron chi connectivity index (χ4n) is 3.23. The summed E-state index contributed by atoms with van der Waals surface area (Å²) in [4.78, 5) is 11.2. The summed E-state index contributed by atoms with van der Waals surface area (Å²) in [5.74, 6) is -0.245. The van der Waals surface area contributed by atoms with Gasteiger partial charge >= 0.3 is 13.2 Å². The maximum atomic E-state index is 14.6. The van der Waals surface area contributed by atoms with Gasteiger partial charge in [-0.05, 0) is 64.6 Å². The first-order chi connectivity index (χ1) is 12.7. The fraction of sp³-hybridized carbons (Fsp3) is 0.650. The first-order valence-electron chi connectivity index (χ1n) is 9.51. The predicted octanol–water partition coefficient (Wildman–Crippen LogP) is 3.40. The molecule has 0 spiro atoms. The topological polar surface area (TPSA) is 80.0 Å². The number of ether oxygens (including phenoxy) is 2. The van der Waals surface area contributed by atoms with E-state index in [9.17, 15) is 9.18 Å². The van der Waals surface area contributed by atoms with E-state index in [-0.39, 0.29) is 18.3 Å². The number of carbonyl (C=O) groups is 1. The van der Waals surface area contributed by atoms with Gasteiger partial charge in [0.05, 0.1) is 11.2 Å². The standard InChI is InChI=1S/C20H31BFNO5/c1-13(2)11-20(7,26-17(23)24)12-25-16-9-8-14(10-15(16)22)21-27-18(3,4)19(5,6)28-21/h8-10,13H,11-12H2,1-7H3,(H2,23,24). The number of carbonyl (C=O) groups excluding carboxylic acids is 1. The maximum Gasteiger partial charge on any atom is 0.494 e. The summed E-state index contributed by atoms with van der Waals surface area (Å²) in [5, 5.41) is 0. The molecule has 0 aromatic heterocycles. The molecule has 2 N–H and O–H groups in total. The van der Waals surface area contributed by atoms with E-state index in [1.807, 2.05) is 41.5 Å². The van der Waals surface area contributed by atoms with Gasteiger partial charge in [0, 0.05) is 0 Å². The maximum absolute atomic E-state index is 14.6. The van der Waals surface area contributed by atoms with E-state index in [2.05, 4.69) is 0 Å². The molecule has 8 heteroatoms. The lowest BCUT2D eigenvalue weighted by Gasteiger charge is -2.32. The van der Waals surface area contributed by atoms with E-state index >= 15 is 0 Å². The number of benzene rings is 1. The molecule has 0 saturated carbocycles. The van der Waals surface area contributed by atoms with Gasteiger partial charge < -0.3 is 24.5 Å². The minimum absolute atomic E-state index is 0.0130. The van der Waals surface area contributed by atoms with Crippen LogP contribution in [-0.4, -0.2) is 36.6 Å². The van der Waals surface area contributed by atoms with Gasteiger partial charge in [-0.15, -0.1) is 0 Å². The molecule has 1 aromatic rings. The van der Waals surface area contributed by atoms with Crippen LogP contribution < -0.4 is 15.9 Å². The van der Waals surface area contributed by atoms with Crippen LogP contribution in [0.15, 0.2) is 18.2 Å². The Labute approximate surface area is 167 Å². The summed E-state index contributed by atoms with van der Waals surface area (Å²) >= 11 is 0. The molecule has 1 fully saturated rings. The van der Waals surface area contributed by atoms with Gasteiger partial charge in [0.25, 0.3) is 0 Å². The number of hydrogen-bond donors (Lipinski definition) is 1. The van der Waals surface area contributed by atoms with Gasteiger partial charge in [0.2, 0.25) is 0 Å². The summed E-state index contributed by atoms with van der Waals surface area (Å²) < 4.78 is 37.3. The fourth-order valence-corrected chi connectivity index (χ4v) is 3.23. The molecule has 6 nitrogen and oxygen atoms in total. The molecule has 2 rings (SSSR count). The quantitative estimate of drug-likeness (QED) is 0.716. The van der Waals surface area contributed by atoms with Crippen LogP contribution >= 0.6 is 0 Å². The zero-order valence-corrected chi connectivity index (χ0v) is 17.8. The molecule has 0 aliphatic carbocycles. The Hall–Kier alpha value is -1.80. The van der Waals surface area contributed by atoms with Crippen LogP contribution in [0, 0.1) is 11.7 Å². The molecular weight excluding hydrogens is 364 g/mol. The van der Waals surface area contributed by atoms with E-state index in [0.717, 1.165) is 0 Å². The molecule has 28 heavy (non-hydrogen) atoms. The lowest BCUT2D eigenvalue weighted by molar-refractivity contribution is -0.0193. The summed E-state index contributed by atoms with van der Waals surface area (Å²) in [5.41, 5.74) is 3.78. The van der Waals surface area contributed by atoms with E-state index in [4.69, 9.17) is 24.5 Å². The van der Waals surface area contributed by atoms with Crippen molar-refractivity contribution in [3.05, 3.63) is 24.0 Å². The van der Waals surface area contributed by atoms with Crippen LogP contribution in [0.2, 0.25) is 0 Å². The first-order valence-corrected chi connectivity index (χ1v) is 9.51. The number of nitrogens with two attached hydrogens (primary N) is 1. The van der Waals surface area contributed by atoms with Crippen molar-refractivity contribution in [2.24, 2.45) is 11.7 Å². The van der Waals surface area contributed by atoms with E-state index < -0.39 is 35.8 Å². The second kappa shape index (κ2) is 7.91. The number of rotatable bonds is 7. The highest BCUT2D eigenvalue weighted by molar-refractivity contribution is 6.62. The Morgan fingerprint density at radius 3 is 2.29 bits per heavy atom. The highest BCUT2D eigenvalue weighted by Crippen LogP contribution is 2.36. The van der Waals surface area contributed by atoms with Crippen molar-refractivity contribution in [2.75, 3.05) is 6.61 Å². The van der Waals surface area contributed by atoms with Gasteiger partial charge in [-0.1, -0.05) is 19.9 Å². The molecule has 1 saturated heterocycles.